The number of benzene rings is 2. The molecule has 0 amide bonds. The summed E-state index contributed by atoms with van der Waals surface area (Å²) in [5.74, 6) is 0.322. The number of nitrogens with two attached hydrogens (primary N) is 1. The van der Waals surface area contributed by atoms with Gasteiger partial charge in [-0.25, -0.2) is 4.39 Å². The third-order valence-electron chi connectivity index (χ3n) is 3.30. The van der Waals surface area contributed by atoms with Gasteiger partial charge in [-0.2, -0.15) is 5.26 Å². The van der Waals surface area contributed by atoms with Crippen molar-refractivity contribution in [1.82, 2.24) is 0 Å². The Kier molecular flexibility index (Phi) is 4.13. The molecular formula is C17H17FN2O. The lowest BCUT2D eigenvalue weighted by molar-refractivity contribution is 0.435. The van der Waals surface area contributed by atoms with Crippen molar-refractivity contribution < 1.29 is 9.13 Å². The van der Waals surface area contributed by atoms with E-state index in [0.717, 1.165) is 17.2 Å². The molecule has 4 heteroatoms. The maximum Gasteiger partial charge on any atom is 0.167 e. The van der Waals surface area contributed by atoms with Crippen molar-refractivity contribution in [3.8, 4) is 17.6 Å². The Bertz CT molecular complexity index is 717. The van der Waals surface area contributed by atoms with Crippen LogP contribution in [0.2, 0.25) is 0 Å². The molecule has 0 radical (unpaired) electrons. The summed E-state index contributed by atoms with van der Waals surface area (Å²) < 4.78 is 19.6. The third-order valence-corrected chi connectivity index (χ3v) is 3.30. The lowest BCUT2D eigenvalue weighted by Gasteiger charge is -2.16. The summed E-state index contributed by atoms with van der Waals surface area (Å²) in [5, 5.41) is 8.76. The van der Waals surface area contributed by atoms with E-state index >= 15 is 0 Å². The maximum atomic E-state index is 13.9. The summed E-state index contributed by atoms with van der Waals surface area (Å²) in [5.41, 5.74) is 8.67. The number of ether oxygens (including phenoxy) is 1. The Hall–Kier alpha value is -2.54. The SMILES string of the molecule is Cc1cc(Oc2ccc(C#N)cc2F)c(C(C)C)cc1N. The van der Waals surface area contributed by atoms with Crippen LogP contribution >= 0.6 is 0 Å². The summed E-state index contributed by atoms with van der Waals surface area (Å²) in [6.07, 6.45) is 0. The first-order chi connectivity index (χ1) is 9.92. The van der Waals surface area contributed by atoms with Gasteiger partial charge in [0.1, 0.15) is 5.75 Å². The lowest BCUT2D eigenvalue weighted by Crippen LogP contribution is -1.99. The standard InChI is InChI=1S/C17H17FN2O/c1-10(2)13-8-15(20)11(3)6-17(13)21-16-5-4-12(9-19)7-14(16)18/h4-8,10H,20H2,1-3H3. The van der Waals surface area contributed by atoms with Crippen molar-refractivity contribution in [3.05, 3.63) is 52.8 Å². The molecule has 0 unspecified atom stereocenters. The van der Waals surface area contributed by atoms with Gasteiger partial charge >= 0.3 is 0 Å². The smallest absolute Gasteiger partial charge is 0.167 e. The van der Waals surface area contributed by atoms with E-state index in [9.17, 15) is 4.39 Å². The minimum atomic E-state index is -0.557. The highest BCUT2D eigenvalue weighted by molar-refractivity contribution is 5.56. The Morgan fingerprint density at radius 1 is 1.19 bits per heavy atom. The van der Waals surface area contributed by atoms with Gasteiger partial charge in [0, 0.05) is 5.69 Å². The molecule has 2 aromatic rings. The van der Waals surface area contributed by atoms with E-state index < -0.39 is 5.82 Å². The molecule has 0 spiro atoms. The molecule has 0 saturated carbocycles. The number of nitrogens with zero attached hydrogens (tertiary/aromatic N) is 1. The third kappa shape index (κ3) is 3.14. The topological polar surface area (TPSA) is 59.0 Å². The molecule has 0 heterocycles. The predicted molar refractivity (Wildman–Crippen MR) is 80.9 cm³/mol. The zero-order valence-electron chi connectivity index (χ0n) is 12.3. The first-order valence-corrected chi connectivity index (χ1v) is 6.70. The lowest BCUT2D eigenvalue weighted by atomic mass is 9.99. The molecule has 0 aromatic heterocycles. The first-order valence-electron chi connectivity index (χ1n) is 6.70. The summed E-state index contributed by atoms with van der Waals surface area (Å²) in [6, 6.07) is 9.71. The van der Waals surface area contributed by atoms with Crippen molar-refractivity contribution >= 4 is 5.69 Å². The second-order valence-corrected chi connectivity index (χ2v) is 5.26. The van der Waals surface area contributed by atoms with Crippen LogP contribution in [0.4, 0.5) is 10.1 Å². The van der Waals surface area contributed by atoms with Gasteiger partial charge in [-0.1, -0.05) is 13.8 Å². The van der Waals surface area contributed by atoms with Crippen molar-refractivity contribution in [3.63, 3.8) is 0 Å². The van der Waals surface area contributed by atoms with Crippen LogP contribution in [0.1, 0.15) is 36.5 Å². The zero-order valence-corrected chi connectivity index (χ0v) is 12.3. The monoisotopic (exact) mass is 284 g/mol. The van der Waals surface area contributed by atoms with Gasteiger partial charge in [0.2, 0.25) is 0 Å². The average Bonchev–Trinajstić information content (AvgIpc) is 2.44. The molecule has 3 nitrogen and oxygen atoms in total. The molecule has 108 valence electrons. The molecule has 2 aromatic carbocycles. The number of anilines is 1. The first kappa shape index (κ1) is 14.9. The van der Waals surface area contributed by atoms with Crippen LogP contribution in [-0.4, -0.2) is 0 Å². The largest absolute Gasteiger partial charge is 0.454 e. The average molecular weight is 284 g/mol. The van der Waals surface area contributed by atoms with Gasteiger partial charge in [0.15, 0.2) is 11.6 Å². The predicted octanol–water partition coefficient (Wildman–Crippen LogP) is 4.50. The quantitative estimate of drug-likeness (QED) is 0.844. The van der Waals surface area contributed by atoms with Crippen LogP contribution in [-0.2, 0) is 0 Å². The van der Waals surface area contributed by atoms with E-state index in [-0.39, 0.29) is 17.2 Å². The fourth-order valence-electron chi connectivity index (χ4n) is 2.03. The van der Waals surface area contributed by atoms with E-state index in [0.29, 0.717) is 11.4 Å². The Morgan fingerprint density at radius 3 is 2.48 bits per heavy atom. The fraction of sp³-hybridized carbons (Fsp3) is 0.235. The normalized spacial score (nSPS) is 10.5. The second kappa shape index (κ2) is 5.84. The van der Waals surface area contributed by atoms with E-state index in [4.69, 9.17) is 15.7 Å². The summed E-state index contributed by atoms with van der Waals surface area (Å²) in [6.45, 7) is 5.92. The number of nitriles is 1. The molecule has 21 heavy (non-hydrogen) atoms. The van der Waals surface area contributed by atoms with Gasteiger partial charge in [-0.05, 0) is 54.3 Å². The number of aryl methyl sites for hydroxylation is 1. The highest BCUT2D eigenvalue weighted by Crippen LogP contribution is 2.35. The molecule has 0 bridgehead atoms. The Morgan fingerprint density at radius 2 is 1.90 bits per heavy atom. The van der Waals surface area contributed by atoms with Gasteiger partial charge in [0.05, 0.1) is 11.6 Å². The van der Waals surface area contributed by atoms with Crippen LogP contribution in [0.25, 0.3) is 0 Å². The minimum absolute atomic E-state index is 0.0973. The van der Waals surface area contributed by atoms with Crippen molar-refractivity contribution in [2.24, 2.45) is 0 Å². The van der Waals surface area contributed by atoms with E-state index in [1.807, 2.05) is 39.0 Å². The maximum absolute atomic E-state index is 13.9. The molecule has 0 atom stereocenters. The van der Waals surface area contributed by atoms with Gasteiger partial charge in [-0.3, -0.25) is 0 Å². The van der Waals surface area contributed by atoms with Crippen LogP contribution in [0.3, 0.4) is 0 Å². The molecule has 0 fully saturated rings. The summed E-state index contributed by atoms with van der Waals surface area (Å²) >= 11 is 0. The van der Waals surface area contributed by atoms with Crippen LogP contribution in [0.5, 0.6) is 11.5 Å². The molecule has 0 aliphatic rings. The van der Waals surface area contributed by atoms with Crippen molar-refractivity contribution in [1.29, 1.82) is 5.26 Å². The Balaban J connectivity index is 2.44. The molecule has 0 aliphatic heterocycles. The van der Waals surface area contributed by atoms with E-state index in [2.05, 4.69) is 0 Å². The molecule has 2 N–H and O–H groups in total. The summed E-state index contributed by atoms with van der Waals surface area (Å²) in [4.78, 5) is 0. The summed E-state index contributed by atoms with van der Waals surface area (Å²) in [7, 11) is 0. The number of hydrogen-bond acceptors (Lipinski definition) is 3. The number of hydrogen-bond donors (Lipinski definition) is 1. The number of rotatable bonds is 3. The van der Waals surface area contributed by atoms with Crippen molar-refractivity contribution in [2.45, 2.75) is 26.7 Å². The van der Waals surface area contributed by atoms with E-state index in [1.54, 1.807) is 0 Å². The molecule has 2 rings (SSSR count). The Labute approximate surface area is 123 Å². The zero-order chi connectivity index (χ0) is 15.6. The number of nitrogen functional groups attached to an aromatic ring is 1. The molecule has 0 aliphatic carbocycles. The highest BCUT2D eigenvalue weighted by atomic mass is 19.1. The molecular weight excluding hydrogens is 267 g/mol. The van der Waals surface area contributed by atoms with Crippen LogP contribution in [0, 0.1) is 24.1 Å². The van der Waals surface area contributed by atoms with Crippen LogP contribution in [0.15, 0.2) is 30.3 Å². The second-order valence-electron chi connectivity index (χ2n) is 5.26. The van der Waals surface area contributed by atoms with E-state index in [1.165, 1.54) is 12.1 Å². The van der Waals surface area contributed by atoms with Gasteiger partial charge in [0.25, 0.3) is 0 Å². The van der Waals surface area contributed by atoms with Crippen molar-refractivity contribution in [2.75, 3.05) is 5.73 Å². The van der Waals surface area contributed by atoms with Gasteiger partial charge in [-0.15, -0.1) is 0 Å². The fourth-order valence-corrected chi connectivity index (χ4v) is 2.03. The molecule has 0 saturated heterocycles. The van der Waals surface area contributed by atoms with Gasteiger partial charge < -0.3 is 10.5 Å². The highest BCUT2D eigenvalue weighted by Gasteiger charge is 2.13. The number of halogens is 1. The minimum Gasteiger partial charge on any atom is -0.454 e. The van der Waals surface area contributed by atoms with Crippen LogP contribution < -0.4 is 10.5 Å².